The zero-order valence-corrected chi connectivity index (χ0v) is 18.3. The Hall–Kier alpha value is -2.97. The first-order chi connectivity index (χ1) is 15.3. The molecular weight excluding hydrogens is 458 g/mol. The fourth-order valence-electron chi connectivity index (χ4n) is 3.30. The molecule has 0 spiro atoms. The van der Waals surface area contributed by atoms with Crippen molar-refractivity contribution in [2.45, 2.75) is 30.3 Å². The number of benzene rings is 3. The second-order valence-corrected chi connectivity index (χ2v) is 9.56. The molecule has 3 aromatic carbocycles. The summed E-state index contributed by atoms with van der Waals surface area (Å²) in [5.74, 6) is -1.54. The largest absolute Gasteiger partial charge is 0.331 e. The van der Waals surface area contributed by atoms with Crippen molar-refractivity contribution in [3.63, 3.8) is 0 Å². The van der Waals surface area contributed by atoms with Crippen molar-refractivity contribution in [2.24, 2.45) is 0 Å². The number of halogens is 3. The maximum atomic E-state index is 14.2. The third-order valence-corrected chi connectivity index (χ3v) is 6.90. The summed E-state index contributed by atoms with van der Waals surface area (Å²) in [4.78, 5) is 14.5. The molecule has 1 fully saturated rings. The molecule has 1 saturated carbocycles. The highest BCUT2D eigenvalue weighted by molar-refractivity contribution is 7.92. The first-order valence-electron chi connectivity index (χ1n) is 9.87. The van der Waals surface area contributed by atoms with E-state index < -0.39 is 21.7 Å². The van der Waals surface area contributed by atoms with E-state index in [1.54, 1.807) is 11.0 Å². The van der Waals surface area contributed by atoms with Crippen LogP contribution in [0.1, 0.15) is 28.8 Å². The van der Waals surface area contributed by atoms with Crippen LogP contribution in [0.2, 0.25) is 5.02 Å². The average molecular weight is 477 g/mol. The number of rotatable bonds is 7. The minimum absolute atomic E-state index is 0.0178. The zero-order chi connectivity index (χ0) is 22.9. The van der Waals surface area contributed by atoms with Crippen LogP contribution in [-0.2, 0) is 16.6 Å². The maximum Gasteiger partial charge on any atom is 0.261 e. The fraction of sp³-hybridized carbons (Fsp3) is 0.174. The molecule has 1 aliphatic carbocycles. The van der Waals surface area contributed by atoms with Gasteiger partial charge in [-0.05, 0) is 61.4 Å². The van der Waals surface area contributed by atoms with Crippen molar-refractivity contribution >= 4 is 33.2 Å². The number of amides is 1. The molecule has 3 aromatic rings. The Morgan fingerprint density at radius 1 is 0.969 bits per heavy atom. The van der Waals surface area contributed by atoms with E-state index in [4.69, 9.17) is 11.6 Å². The summed E-state index contributed by atoms with van der Waals surface area (Å²) >= 11 is 6.12. The van der Waals surface area contributed by atoms with Gasteiger partial charge in [0, 0.05) is 22.2 Å². The summed E-state index contributed by atoms with van der Waals surface area (Å²) in [5.41, 5.74) is 0.325. The Bertz CT molecular complexity index is 1240. The van der Waals surface area contributed by atoms with Crippen LogP contribution in [0.15, 0.2) is 71.6 Å². The lowest BCUT2D eigenvalue weighted by Crippen LogP contribution is -2.33. The van der Waals surface area contributed by atoms with Crippen LogP contribution in [0.4, 0.5) is 14.5 Å². The molecule has 0 radical (unpaired) electrons. The van der Waals surface area contributed by atoms with Crippen molar-refractivity contribution in [1.29, 1.82) is 0 Å². The predicted molar refractivity (Wildman–Crippen MR) is 118 cm³/mol. The molecule has 5 nitrogen and oxygen atoms in total. The smallest absolute Gasteiger partial charge is 0.261 e. The van der Waals surface area contributed by atoms with E-state index in [0.717, 1.165) is 18.9 Å². The molecular formula is C23H19ClF2N2O3S. The Morgan fingerprint density at radius 3 is 2.25 bits per heavy atom. The third-order valence-electron chi connectivity index (χ3n) is 5.17. The molecule has 0 heterocycles. The van der Waals surface area contributed by atoms with E-state index in [1.165, 1.54) is 54.6 Å². The maximum absolute atomic E-state index is 14.2. The van der Waals surface area contributed by atoms with Crippen LogP contribution in [0.25, 0.3) is 0 Å². The van der Waals surface area contributed by atoms with E-state index >= 15 is 0 Å². The number of hydrogen-bond donors (Lipinski definition) is 1. The van der Waals surface area contributed by atoms with Crippen molar-refractivity contribution in [1.82, 2.24) is 4.90 Å². The van der Waals surface area contributed by atoms with Crippen LogP contribution < -0.4 is 4.72 Å². The van der Waals surface area contributed by atoms with E-state index in [-0.39, 0.29) is 45.2 Å². The monoisotopic (exact) mass is 476 g/mol. The molecule has 0 aromatic heterocycles. The van der Waals surface area contributed by atoms with Gasteiger partial charge in [-0.1, -0.05) is 29.8 Å². The van der Waals surface area contributed by atoms with Gasteiger partial charge < -0.3 is 4.90 Å². The molecule has 4 rings (SSSR count). The number of anilines is 1. The van der Waals surface area contributed by atoms with Crippen LogP contribution in [0.5, 0.6) is 0 Å². The number of nitrogens with zero attached hydrogens (tertiary/aromatic N) is 1. The van der Waals surface area contributed by atoms with Gasteiger partial charge in [0.25, 0.3) is 15.9 Å². The quantitative estimate of drug-likeness (QED) is 0.508. The molecule has 0 aliphatic heterocycles. The molecule has 166 valence electrons. The van der Waals surface area contributed by atoms with Crippen molar-refractivity contribution in [2.75, 3.05) is 4.72 Å². The molecule has 1 N–H and O–H groups in total. The molecule has 9 heteroatoms. The molecule has 0 atom stereocenters. The highest BCUT2D eigenvalue weighted by Gasteiger charge is 2.34. The van der Waals surface area contributed by atoms with Crippen molar-refractivity contribution < 1.29 is 22.0 Å². The van der Waals surface area contributed by atoms with Gasteiger partial charge in [0.05, 0.1) is 17.1 Å². The number of carbonyl (C=O) groups excluding carboxylic acids is 1. The number of carbonyl (C=O) groups is 1. The molecule has 32 heavy (non-hydrogen) atoms. The van der Waals surface area contributed by atoms with Gasteiger partial charge in [-0.2, -0.15) is 0 Å². The summed E-state index contributed by atoms with van der Waals surface area (Å²) in [5, 5.41) is 0.240. The van der Waals surface area contributed by atoms with E-state index in [0.29, 0.717) is 0 Å². The van der Waals surface area contributed by atoms with E-state index in [2.05, 4.69) is 4.72 Å². The van der Waals surface area contributed by atoms with Gasteiger partial charge in [0.1, 0.15) is 11.6 Å². The third kappa shape index (κ3) is 4.76. The standard InChI is InChI=1S/C23H19ClF2N2O3S/c24-19-4-3-6-20(25)18(19)14-28(16-10-11-16)23(29)15-8-12-17(13-9-15)32(30,31)27-22-7-2-1-5-21(22)26/h1-9,12-13,16,27H,10-11,14H2. The second-order valence-electron chi connectivity index (χ2n) is 7.47. The van der Waals surface area contributed by atoms with Gasteiger partial charge in [0.2, 0.25) is 0 Å². The van der Waals surface area contributed by atoms with Gasteiger partial charge in [-0.3, -0.25) is 9.52 Å². The summed E-state index contributed by atoms with van der Waals surface area (Å²) in [6, 6.07) is 15.1. The lowest BCUT2D eigenvalue weighted by Gasteiger charge is -2.23. The van der Waals surface area contributed by atoms with Crippen molar-refractivity contribution in [3.8, 4) is 0 Å². The average Bonchev–Trinajstić information content (AvgIpc) is 3.60. The van der Waals surface area contributed by atoms with Gasteiger partial charge >= 0.3 is 0 Å². The predicted octanol–water partition coefficient (Wildman–Crippen LogP) is 5.22. The molecule has 1 aliphatic rings. The fourth-order valence-corrected chi connectivity index (χ4v) is 4.59. The Morgan fingerprint density at radius 2 is 1.62 bits per heavy atom. The summed E-state index contributed by atoms with van der Waals surface area (Å²) < 4.78 is 55.4. The number of sulfonamides is 1. The van der Waals surface area contributed by atoms with Crippen LogP contribution >= 0.6 is 11.6 Å². The number of hydrogen-bond acceptors (Lipinski definition) is 3. The van der Waals surface area contributed by atoms with Crippen LogP contribution in [0, 0.1) is 11.6 Å². The first kappa shape index (κ1) is 22.2. The first-order valence-corrected chi connectivity index (χ1v) is 11.7. The minimum atomic E-state index is -4.04. The lowest BCUT2D eigenvalue weighted by atomic mass is 10.1. The van der Waals surface area contributed by atoms with E-state index in [9.17, 15) is 22.0 Å². The Balaban J connectivity index is 1.55. The highest BCUT2D eigenvalue weighted by Crippen LogP contribution is 2.32. The van der Waals surface area contributed by atoms with Gasteiger partial charge in [0.15, 0.2) is 0 Å². The molecule has 0 saturated heterocycles. The van der Waals surface area contributed by atoms with Gasteiger partial charge in [-0.25, -0.2) is 17.2 Å². The van der Waals surface area contributed by atoms with E-state index in [1.807, 2.05) is 0 Å². The summed E-state index contributed by atoms with van der Waals surface area (Å²) in [6.45, 7) is 0.0178. The molecule has 1 amide bonds. The zero-order valence-electron chi connectivity index (χ0n) is 16.8. The van der Waals surface area contributed by atoms with Crippen LogP contribution in [-0.4, -0.2) is 25.3 Å². The SMILES string of the molecule is O=C(c1ccc(S(=O)(=O)Nc2ccccc2F)cc1)N(Cc1c(F)cccc1Cl)C1CC1. The number of para-hydroxylation sites is 1. The van der Waals surface area contributed by atoms with Crippen molar-refractivity contribution in [3.05, 3.63) is 94.5 Å². The highest BCUT2D eigenvalue weighted by atomic mass is 35.5. The summed E-state index contributed by atoms with van der Waals surface area (Å²) in [6.07, 6.45) is 1.60. The molecule has 0 bridgehead atoms. The molecule has 0 unspecified atom stereocenters. The number of nitrogens with one attached hydrogen (secondary N) is 1. The normalized spacial score (nSPS) is 13.6. The van der Waals surface area contributed by atoms with Gasteiger partial charge in [-0.15, -0.1) is 0 Å². The second kappa shape index (κ2) is 8.88. The van der Waals surface area contributed by atoms with Crippen LogP contribution in [0.3, 0.4) is 0 Å². The topological polar surface area (TPSA) is 66.5 Å². The Labute approximate surface area is 189 Å². The Kier molecular flexibility index (Phi) is 6.17. The summed E-state index contributed by atoms with van der Waals surface area (Å²) in [7, 11) is -4.04. The lowest BCUT2D eigenvalue weighted by molar-refractivity contribution is 0.0728. The minimum Gasteiger partial charge on any atom is -0.331 e.